The topological polar surface area (TPSA) is 33.7 Å². The van der Waals surface area contributed by atoms with E-state index in [0.29, 0.717) is 0 Å². The summed E-state index contributed by atoms with van der Waals surface area (Å²) in [4.78, 5) is 2.50. The van der Waals surface area contributed by atoms with Gasteiger partial charge in [-0.05, 0) is 32.9 Å². The van der Waals surface area contributed by atoms with Gasteiger partial charge >= 0.3 is 0 Å². The van der Waals surface area contributed by atoms with E-state index in [1.807, 2.05) is 0 Å². The summed E-state index contributed by atoms with van der Waals surface area (Å²) < 4.78 is 11.2. The molecule has 0 aromatic rings. The Bertz CT molecular complexity index is 218. The van der Waals surface area contributed by atoms with Crippen LogP contribution in [0.4, 0.5) is 0 Å². The second-order valence-electron chi connectivity index (χ2n) is 5.50. The standard InChI is InChI=1S/C15H32N2O2/c1-4-16-12-15(8-7-10-19-14-15)13-17(5-2)9-11-18-6-3/h16H,4-14H2,1-3H3. The van der Waals surface area contributed by atoms with Crippen LogP contribution in [-0.4, -0.2) is 64.1 Å². The second-order valence-corrected chi connectivity index (χ2v) is 5.50. The van der Waals surface area contributed by atoms with Crippen molar-refractivity contribution in [2.24, 2.45) is 5.41 Å². The molecule has 0 aromatic heterocycles. The van der Waals surface area contributed by atoms with Crippen molar-refractivity contribution in [3.63, 3.8) is 0 Å². The largest absolute Gasteiger partial charge is 0.381 e. The molecule has 1 saturated heterocycles. The summed E-state index contributed by atoms with van der Waals surface area (Å²) in [7, 11) is 0. The molecule has 1 heterocycles. The zero-order valence-electron chi connectivity index (χ0n) is 13.0. The molecule has 0 saturated carbocycles. The van der Waals surface area contributed by atoms with E-state index in [2.05, 4.69) is 31.0 Å². The third-order valence-corrected chi connectivity index (χ3v) is 3.92. The third-order valence-electron chi connectivity index (χ3n) is 3.92. The molecule has 0 aliphatic carbocycles. The SMILES string of the molecule is CCNCC1(CN(CC)CCOCC)CCCOC1. The maximum absolute atomic E-state index is 5.76. The first-order valence-electron chi connectivity index (χ1n) is 7.85. The molecule has 1 atom stereocenters. The first kappa shape index (κ1) is 16.9. The summed E-state index contributed by atoms with van der Waals surface area (Å²) in [5.41, 5.74) is 0.288. The lowest BCUT2D eigenvalue weighted by Gasteiger charge is -2.41. The molecule has 4 heteroatoms. The van der Waals surface area contributed by atoms with Crippen molar-refractivity contribution >= 4 is 0 Å². The molecule has 1 unspecified atom stereocenters. The van der Waals surface area contributed by atoms with Crippen molar-refractivity contribution in [1.29, 1.82) is 0 Å². The van der Waals surface area contributed by atoms with Crippen LogP contribution in [0.3, 0.4) is 0 Å². The molecule has 1 aliphatic heterocycles. The van der Waals surface area contributed by atoms with E-state index in [0.717, 1.165) is 59.2 Å². The van der Waals surface area contributed by atoms with Gasteiger partial charge in [0.15, 0.2) is 0 Å². The van der Waals surface area contributed by atoms with E-state index in [-0.39, 0.29) is 5.41 Å². The average Bonchev–Trinajstić information content (AvgIpc) is 2.45. The molecule has 114 valence electrons. The number of likely N-dealkylation sites (N-methyl/N-ethyl adjacent to an activating group) is 1. The van der Waals surface area contributed by atoms with Crippen molar-refractivity contribution in [2.45, 2.75) is 33.6 Å². The summed E-state index contributed by atoms with van der Waals surface area (Å²) >= 11 is 0. The van der Waals surface area contributed by atoms with E-state index in [1.165, 1.54) is 12.8 Å². The van der Waals surface area contributed by atoms with Crippen LogP contribution in [0.25, 0.3) is 0 Å². The molecule has 1 fully saturated rings. The number of ether oxygens (including phenoxy) is 2. The normalized spacial score (nSPS) is 24.0. The molecule has 19 heavy (non-hydrogen) atoms. The molecule has 1 N–H and O–H groups in total. The summed E-state index contributed by atoms with van der Waals surface area (Å²) in [6.45, 7) is 15.2. The molecule has 0 spiro atoms. The Morgan fingerprint density at radius 3 is 2.74 bits per heavy atom. The van der Waals surface area contributed by atoms with Crippen molar-refractivity contribution < 1.29 is 9.47 Å². The van der Waals surface area contributed by atoms with Gasteiger partial charge in [-0.25, -0.2) is 0 Å². The van der Waals surface area contributed by atoms with Gasteiger partial charge in [-0.3, -0.25) is 0 Å². The Morgan fingerprint density at radius 2 is 2.16 bits per heavy atom. The van der Waals surface area contributed by atoms with Gasteiger partial charge in [0.1, 0.15) is 0 Å². The van der Waals surface area contributed by atoms with Gasteiger partial charge in [-0.2, -0.15) is 0 Å². The number of hydrogen-bond acceptors (Lipinski definition) is 4. The van der Waals surface area contributed by atoms with Gasteiger partial charge in [0.25, 0.3) is 0 Å². The van der Waals surface area contributed by atoms with E-state index in [4.69, 9.17) is 9.47 Å². The first-order chi connectivity index (χ1) is 9.26. The Hall–Kier alpha value is -0.160. The third kappa shape index (κ3) is 6.21. The molecule has 1 aliphatic rings. The first-order valence-corrected chi connectivity index (χ1v) is 7.85. The Morgan fingerprint density at radius 1 is 1.32 bits per heavy atom. The van der Waals surface area contributed by atoms with Gasteiger partial charge in [-0.1, -0.05) is 13.8 Å². The molecule has 1 rings (SSSR count). The van der Waals surface area contributed by atoms with Crippen LogP contribution in [0.1, 0.15) is 33.6 Å². The molecule has 0 radical (unpaired) electrons. The van der Waals surface area contributed by atoms with E-state index in [1.54, 1.807) is 0 Å². The van der Waals surface area contributed by atoms with Crippen LogP contribution in [0.2, 0.25) is 0 Å². The highest BCUT2D eigenvalue weighted by molar-refractivity contribution is 4.87. The fourth-order valence-electron chi connectivity index (χ4n) is 2.78. The zero-order chi connectivity index (χ0) is 14.0. The van der Waals surface area contributed by atoms with E-state index >= 15 is 0 Å². The predicted octanol–water partition coefficient (Wildman–Crippen LogP) is 1.75. The second kappa shape index (κ2) is 9.70. The van der Waals surface area contributed by atoms with Gasteiger partial charge in [0.05, 0.1) is 13.2 Å². The Balaban J connectivity index is 2.48. The number of hydrogen-bond donors (Lipinski definition) is 1. The van der Waals surface area contributed by atoms with Crippen molar-refractivity contribution in [3.8, 4) is 0 Å². The van der Waals surface area contributed by atoms with Crippen LogP contribution < -0.4 is 5.32 Å². The average molecular weight is 272 g/mol. The highest BCUT2D eigenvalue weighted by atomic mass is 16.5. The highest BCUT2D eigenvalue weighted by Gasteiger charge is 2.34. The maximum Gasteiger partial charge on any atom is 0.0593 e. The Kier molecular flexibility index (Phi) is 8.62. The lowest BCUT2D eigenvalue weighted by molar-refractivity contribution is -0.0286. The minimum atomic E-state index is 0.288. The Labute approximate surface area is 118 Å². The summed E-state index contributed by atoms with van der Waals surface area (Å²) in [5.74, 6) is 0. The van der Waals surface area contributed by atoms with E-state index < -0.39 is 0 Å². The summed E-state index contributed by atoms with van der Waals surface area (Å²) in [5, 5.41) is 3.52. The summed E-state index contributed by atoms with van der Waals surface area (Å²) in [6.07, 6.45) is 2.46. The minimum Gasteiger partial charge on any atom is -0.381 e. The van der Waals surface area contributed by atoms with Crippen molar-refractivity contribution in [3.05, 3.63) is 0 Å². The monoisotopic (exact) mass is 272 g/mol. The molecule has 0 aromatic carbocycles. The van der Waals surface area contributed by atoms with Gasteiger partial charge in [0, 0.05) is 38.3 Å². The van der Waals surface area contributed by atoms with Crippen molar-refractivity contribution in [2.75, 3.05) is 59.2 Å². The molecular weight excluding hydrogens is 240 g/mol. The van der Waals surface area contributed by atoms with E-state index in [9.17, 15) is 0 Å². The van der Waals surface area contributed by atoms with Gasteiger partial charge < -0.3 is 19.7 Å². The fraction of sp³-hybridized carbons (Fsp3) is 1.00. The zero-order valence-corrected chi connectivity index (χ0v) is 13.0. The number of nitrogens with zero attached hydrogens (tertiary/aromatic N) is 1. The predicted molar refractivity (Wildman–Crippen MR) is 79.6 cm³/mol. The lowest BCUT2D eigenvalue weighted by Crippen LogP contribution is -2.49. The quantitative estimate of drug-likeness (QED) is 0.614. The fourth-order valence-corrected chi connectivity index (χ4v) is 2.78. The van der Waals surface area contributed by atoms with Crippen molar-refractivity contribution in [1.82, 2.24) is 10.2 Å². The van der Waals surface area contributed by atoms with Crippen LogP contribution in [0.5, 0.6) is 0 Å². The van der Waals surface area contributed by atoms with Crippen LogP contribution in [-0.2, 0) is 9.47 Å². The molecule has 4 nitrogen and oxygen atoms in total. The smallest absolute Gasteiger partial charge is 0.0593 e. The van der Waals surface area contributed by atoms with Crippen LogP contribution in [0, 0.1) is 5.41 Å². The van der Waals surface area contributed by atoms with Crippen LogP contribution >= 0.6 is 0 Å². The molecular formula is C15H32N2O2. The minimum absolute atomic E-state index is 0.288. The lowest BCUT2D eigenvalue weighted by atomic mass is 9.81. The molecule has 0 bridgehead atoms. The number of nitrogens with one attached hydrogen (secondary N) is 1. The highest BCUT2D eigenvalue weighted by Crippen LogP contribution is 2.29. The molecule has 0 amide bonds. The van der Waals surface area contributed by atoms with Gasteiger partial charge in [0.2, 0.25) is 0 Å². The van der Waals surface area contributed by atoms with Crippen LogP contribution in [0.15, 0.2) is 0 Å². The maximum atomic E-state index is 5.76. The van der Waals surface area contributed by atoms with Gasteiger partial charge in [-0.15, -0.1) is 0 Å². The number of rotatable bonds is 10. The summed E-state index contributed by atoms with van der Waals surface area (Å²) in [6, 6.07) is 0.